The highest BCUT2D eigenvalue weighted by Crippen LogP contribution is 2.17. The van der Waals surface area contributed by atoms with Crippen molar-refractivity contribution >= 4 is 11.6 Å². The van der Waals surface area contributed by atoms with Gasteiger partial charge in [0.2, 0.25) is 0 Å². The van der Waals surface area contributed by atoms with Gasteiger partial charge >= 0.3 is 0 Å². The molecule has 0 aromatic heterocycles. The predicted octanol–water partition coefficient (Wildman–Crippen LogP) is 1.40. The van der Waals surface area contributed by atoms with Crippen LogP contribution in [0.25, 0.3) is 0 Å². The van der Waals surface area contributed by atoms with Gasteiger partial charge < -0.3 is 16.0 Å². The van der Waals surface area contributed by atoms with Crippen LogP contribution in [0.5, 0.6) is 0 Å². The molecule has 1 amide bonds. The fourth-order valence-electron chi connectivity index (χ4n) is 2.41. The molecule has 1 saturated heterocycles. The van der Waals surface area contributed by atoms with Crippen molar-refractivity contribution in [2.24, 2.45) is 0 Å². The van der Waals surface area contributed by atoms with Gasteiger partial charge in [-0.2, -0.15) is 0 Å². The van der Waals surface area contributed by atoms with Crippen molar-refractivity contribution in [1.82, 2.24) is 10.2 Å². The summed E-state index contributed by atoms with van der Waals surface area (Å²) in [5.41, 5.74) is 7.99. The maximum absolute atomic E-state index is 12.2. The molecule has 0 unspecified atom stereocenters. The zero-order valence-corrected chi connectivity index (χ0v) is 11.1. The third-order valence-electron chi connectivity index (χ3n) is 3.59. The number of benzene rings is 1. The smallest absolute Gasteiger partial charge is 0.253 e. The van der Waals surface area contributed by atoms with Crippen LogP contribution in [-0.2, 0) is 0 Å². The van der Waals surface area contributed by atoms with E-state index in [1.165, 1.54) is 0 Å². The standard InChI is InChI=1S/C14H21N3O/c1-10-4-3-5-12(15)13(10)14(18)16-11-6-8-17(2)9-7-11/h3-5,11H,6-9,15H2,1-2H3,(H,16,18). The highest BCUT2D eigenvalue weighted by atomic mass is 16.1. The lowest BCUT2D eigenvalue weighted by Crippen LogP contribution is -2.43. The fraction of sp³-hybridized carbons (Fsp3) is 0.500. The van der Waals surface area contributed by atoms with Crippen molar-refractivity contribution < 1.29 is 4.79 Å². The minimum atomic E-state index is -0.0415. The lowest BCUT2D eigenvalue weighted by Gasteiger charge is -2.29. The number of aryl methyl sites for hydroxylation is 1. The van der Waals surface area contributed by atoms with Crippen molar-refractivity contribution in [2.45, 2.75) is 25.8 Å². The molecule has 0 bridgehead atoms. The van der Waals surface area contributed by atoms with Crippen molar-refractivity contribution in [2.75, 3.05) is 25.9 Å². The summed E-state index contributed by atoms with van der Waals surface area (Å²) in [7, 11) is 2.11. The molecule has 1 aromatic carbocycles. The number of hydrogen-bond donors (Lipinski definition) is 2. The minimum absolute atomic E-state index is 0.0415. The summed E-state index contributed by atoms with van der Waals surface area (Å²) in [6, 6.07) is 5.83. The molecule has 0 radical (unpaired) electrons. The molecule has 18 heavy (non-hydrogen) atoms. The van der Waals surface area contributed by atoms with E-state index in [-0.39, 0.29) is 11.9 Å². The first-order valence-electron chi connectivity index (χ1n) is 6.42. The van der Waals surface area contributed by atoms with Crippen molar-refractivity contribution in [1.29, 1.82) is 0 Å². The van der Waals surface area contributed by atoms with Gasteiger partial charge in [0.15, 0.2) is 0 Å². The molecule has 0 spiro atoms. The first-order valence-corrected chi connectivity index (χ1v) is 6.42. The Morgan fingerprint density at radius 2 is 2.06 bits per heavy atom. The van der Waals surface area contributed by atoms with Gasteiger partial charge in [0.1, 0.15) is 0 Å². The molecule has 4 heteroatoms. The Labute approximate surface area is 108 Å². The van der Waals surface area contributed by atoms with Crippen LogP contribution in [0.1, 0.15) is 28.8 Å². The summed E-state index contributed by atoms with van der Waals surface area (Å²) in [6.07, 6.45) is 2.02. The molecular weight excluding hydrogens is 226 g/mol. The second-order valence-corrected chi connectivity index (χ2v) is 5.09. The summed E-state index contributed by atoms with van der Waals surface area (Å²) in [6.45, 7) is 3.99. The Hall–Kier alpha value is -1.55. The molecule has 1 heterocycles. The number of nitrogens with two attached hydrogens (primary N) is 1. The summed E-state index contributed by atoms with van der Waals surface area (Å²) in [5.74, 6) is -0.0415. The second-order valence-electron chi connectivity index (χ2n) is 5.09. The van der Waals surface area contributed by atoms with Gasteiger partial charge in [0.25, 0.3) is 5.91 Å². The maximum Gasteiger partial charge on any atom is 0.253 e. The number of nitrogens with one attached hydrogen (secondary N) is 1. The van der Waals surface area contributed by atoms with Crippen LogP contribution in [0.15, 0.2) is 18.2 Å². The summed E-state index contributed by atoms with van der Waals surface area (Å²) in [4.78, 5) is 14.5. The summed E-state index contributed by atoms with van der Waals surface area (Å²) < 4.78 is 0. The Morgan fingerprint density at radius 3 is 2.67 bits per heavy atom. The van der Waals surface area contributed by atoms with E-state index in [1.54, 1.807) is 6.07 Å². The van der Waals surface area contributed by atoms with Gasteiger partial charge in [0.05, 0.1) is 5.56 Å². The van der Waals surface area contributed by atoms with Gasteiger partial charge in [-0.3, -0.25) is 4.79 Å². The molecule has 1 aliphatic heterocycles. The minimum Gasteiger partial charge on any atom is -0.398 e. The van der Waals surface area contributed by atoms with Crippen LogP contribution < -0.4 is 11.1 Å². The Morgan fingerprint density at radius 1 is 1.39 bits per heavy atom. The third-order valence-corrected chi connectivity index (χ3v) is 3.59. The largest absolute Gasteiger partial charge is 0.398 e. The highest BCUT2D eigenvalue weighted by Gasteiger charge is 2.20. The van der Waals surface area contributed by atoms with E-state index in [0.717, 1.165) is 31.5 Å². The van der Waals surface area contributed by atoms with E-state index in [0.29, 0.717) is 11.3 Å². The van der Waals surface area contributed by atoms with Gasteiger partial charge in [-0.05, 0) is 51.5 Å². The van der Waals surface area contributed by atoms with Crippen LogP contribution in [0, 0.1) is 6.92 Å². The van der Waals surface area contributed by atoms with Crippen LogP contribution in [0.4, 0.5) is 5.69 Å². The lowest BCUT2D eigenvalue weighted by molar-refractivity contribution is 0.0917. The number of nitrogen functional groups attached to an aromatic ring is 1. The van der Waals surface area contributed by atoms with Crippen LogP contribution in [-0.4, -0.2) is 37.0 Å². The van der Waals surface area contributed by atoms with E-state index < -0.39 is 0 Å². The molecule has 4 nitrogen and oxygen atoms in total. The average Bonchev–Trinajstić information content (AvgIpc) is 2.32. The molecule has 0 atom stereocenters. The summed E-state index contributed by atoms with van der Waals surface area (Å²) in [5, 5.41) is 3.09. The van der Waals surface area contributed by atoms with Crippen LogP contribution in [0.3, 0.4) is 0 Å². The first kappa shape index (κ1) is 12.9. The summed E-state index contributed by atoms with van der Waals surface area (Å²) >= 11 is 0. The number of carbonyl (C=O) groups excluding carboxylic acids is 1. The zero-order chi connectivity index (χ0) is 13.1. The van der Waals surface area contributed by atoms with E-state index >= 15 is 0 Å². The zero-order valence-electron chi connectivity index (χ0n) is 11.1. The van der Waals surface area contributed by atoms with Gasteiger partial charge in [-0.15, -0.1) is 0 Å². The third kappa shape index (κ3) is 2.82. The number of anilines is 1. The maximum atomic E-state index is 12.2. The Bertz CT molecular complexity index is 416. The number of carbonyl (C=O) groups is 1. The topological polar surface area (TPSA) is 58.4 Å². The van der Waals surface area contributed by atoms with E-state index in [9.17, 15) is 4.79 Å². The number of piperidine rings is 1. The predicted molar refractivity (Wildman–Crippen MR) is 73.6 cm³/mol. The molecule has 3 N–H and O–H groups in total. The highest BCUT2D eigenvalue weighted by molar-refractivity contribution is 6.00. The van der Waals surface area contributed by atoms with Gasteiger partial charge in [0, 0.05) is 11.7 Å². The molecule has 2 rings (SSSR count). The number of likely N-dealkylation sites (tertiary alicyclic amines) is 1. The van der Waals surface area contributed by atoms with Gasteiger partial charge in [-0.1, -0.05) is 12.1 Å². The van der Waals surface area contributed by atoms with Crippen LogP contribution in [0.2, 0.25) is 0 Å². The molecule has 0 saturated carbocycles. The molecule has 1 aliphatic rings. The second kappa shape index (κ2) is 5.40. The average molecular weight is 247 g/mol. The van der Waals surface area contributed by atoms with E-state index in [1.807, 2.05) is 19.1 Å². The lowest BCUT2D eigenvalue weighted by atomic mass is 10.0. The fourth-order valence-corrected chi connectivity index (χ4v) is 2.41. The number of hydrogen-bond acceptors (Lipinski definition) is 3. The van der Waals surface area contributed by atoms with E-state index in [4.69, 9.17) is 5.73 Å². The first-order chi connectivity index (χ1) is 8.58. The molecular formula is C14H21N3O. The monoisotopic (exact) mass is 247 g/mol. The molecule has 1 aromatic rings. The Balaban J connectivity index is 2.04. The van der Waals surface area contributed by atoms with Crippen molar-refractivity contribution in [3.05, 3.63) is 29.3 Å². The quantitative estimate of drug-likeness (QED) is 0.777. The van der Waals surface area contributed by atoms with Crippen molar-refractivity contribution in [3.8, 4) is 0 Å². The normalized spacial score (nSPS) is 17.7. The SMILES string of the molecule is Cc1cccc(N)c1C(=O)NC1CCN(C)CC1. The van der Waals surface area contributed by atoms with Gasteiger partial charge in [-0.25, -0.2) is 0 Å². The van der Waals surface area contributed by atoms with Crippen molar-refractivity contribution in [3.63, 3.8) is 0 Å². The number of rotatable bonds is 2. The molecule has 0 aliphatic carbocycles. The Kier molecular flexibility index (Phi) is 3.87. The number of nitrogens with zero attached hydrogens (tertiary/aromatic N) is 1. The molecule has 1 fully saturated rings. The van der Waals surface area contributed by atoms with E-state index in [2.05, 4.69) is 17.3 Å². The van der Waals surface area contributed by atoms with Crippen LogP contribution >= 0.6 is 0 Å². The number of amides is 1. The molecule has 98 valence electrons.